The molecule has 1 amide bonds. The molecule has 2 heterocycles. The summed E-state index contributed by atoms with van der Waals surface area (Å²) in [5.74, 6) is 0.0327. The minimum Gasteiger partial charge on any atom is -0.378 e. The van der Waals surface area contributed by atoms with Gasteiger partial charge in [-0.2, -0.15) is 0 Å². The summed E-state index contributed by atoms with van der Waals surface area (Å²) in [6, 6.07) is 0. The molecule has 2 rings (SSSR count). The smallest absolute Gasteiger partial charge is 0.226 e. The van der Waals surface area contributed by atoms with Gasteiger partial charge in [0, 0.05) is 23.8 Å². The van der Waals surface area contributed by atoms with E-state index in [9.17, 15) is 4.79 Å². The molecule has 0 spiro atoms. The molecule has 1 aliphatic rings. The predicted octanol–water partition coefficient (Wildman–Crippen LogP) is 3.34. The zero-order valence-corrected chi connectivity index (χ0v) is 12.7. The Morgan fingerprint density at radius 2 is 2.37 bits per heavy atom. The first-order chi connectivity index (χ1) is 8.95. The Morgan fingerprint density at radius 3 is 2.95 bits per heavy atom. The highest BCUT2D eigenvalue weighted by atomic mass is 32.1. The number of thiazole rings is 1. The molecule has 19 heavy (non-hydrogen) atoms. The van der Waals surface area contributed by atoms with E-state index in [2.05, 4.69) is 31.1 Å². The molecular weight excluding hydrogens is 260 g/mol. The predicted molar refractivity (Wildman–Crippen MR) is 77.7 cm³/mol. The van der Waals surface area contributed by atoms with Gasteiger partial charge in [-0.15, -0.1) is 11.3 Å². The lowest BCUT2D eigenvalue weighted by molar-refractivity contribution is -0.116. The van der Waals surface area contributed by atoms with Crippen molar-refractivity contribution in [2.45, 2.75) is 58.0 Å². The second-order valence-corrected chi connectivity index (χ2v) is 6.87. The van der Waals surface area contributed by atoms with Gasteiger partial charge in [0.1, 0.15) is 0 Å². The normalized spacial score (nSPS) is 19.6. The zero-order valence-electron chi connectivity index (χ0n) is 11.9. The number of amides is 1. The number of hydrogen-bond donors (Lipinski definition) is 1. The maximum atomic E-state index is 11.8. The number of anilines is 1. The Hall–Kier alpha value is -0.940. The van der Waals surface area contributed by atoms with Crippen molar-refractivity contribution in [1.29, 1.82) is 0 Å². The van der Waals surface area contributed by atoms with Gasteiger partial charge in [0.05, 0.1) is 11.8 Å². The molecule has 1 atom stereocenters. The zero-order chi connectivity index (χ0) is 13.9. The lowest BCUT2D eigenvalue weighted by Gasteiger charge is -2.14. The molecule has 0 aromatic carbocycles. The lowest BCUT2D eigenvalue weighted by atomic mass is 9.93. The third kappa shape index (κ3) is 4.28. The van der Waals surface area contributed by atoms with Crippen LogP contribution < -0.4 is 5.32 Å². The molecule has 1 unspecified atom stereocenters. The molecule has 1 N–H and O–H groups in total. The van der Waals surface area contributed by atoms with E-state index in [1.165, 1.54) is 11.3 Å². The Morgan fingerprint density at radius 1 is 1.58 bits per heavy atom. The summed E-state index contributed by atoms with van der Waals surface area (Å²) in [6.07, 6.45) is 3.79. The minimum atomic E-state index is 0.0250. The average Bonchev–Trinajstić information content (AvgIpc) is 2.95. The fraction of sp³-hybridized carbons (Fsp3) is 0.714. The van der Waals surface area contributed by atoms with Crippen molar-refractivity contribution in [3.8, 4) is 0 Å². The van der Waals surface area contributed by atoms with Crippen molar-refractivity contribution >= 4 is 22.4 Å². The standard InChI is InChI=1S/C14H22N2O2S/c1-14(2,3)11-9-19-13(15-11)16-12(17)7-6-10-5-4-8-18-10/h9-10H,4-8H2,1-3H3,(H,15,16,17). The Bertz CT molecular complexity index is 431. The summed E-state index contributed by atoms with van der Waals surface area (Å²) < 4.78 is 5.51. The van der Waals surface area contributed by atoms with Crippen LogP contribution in [0.1, 0.15) is 52.1 Å². The Kier molecular flexibility index (Phi) is 4.58. The van der Waals surface area contributed by atoms with E-state index < -0.39 is 0 Å². The monoisotopic (exact) mass is 282 g/mol. The van der Waals surface area contributed by atoms with Crippen molar-refractivity contribution in [2.24, 2.45) is 0 Å². The van der Waals surface area contributed by atoms with E-state index >= 15 is 0 Å². The minimum absolute atomic E-state index is 0.0250. The number of carbonyl (C=O) groups is 1. The summed E-state index contributed by atoms with van der Waals surface area (Å²) in [5, 5.41) is 5.58. The number of nitrogens with zero attached hydrogens (tertiary/aromatic N) is 1. The van der Waals surface area contributed by atoms with E-state index in [1.54, 1.807) is 0 Å². The molecule has 1 aromatic heterocycles. The van der Waals surface area contributed by atoms with Gasteiger partial charge in [0.25, 0.3) is 0 Å². The van der Waals surface area contributed by atoms with Crippen LogP contribution in [0.2, 0.25) is 0 Å². The van der Waals surface area contributed by atoms with Crippen LogP contribution in [0.5, 0.6) is 0 Å². The summed E-state index contributed by atoms with van der Waals surface area (Å²) in [7, 11) is 0. The van der Waals surface area contributed by atoms with Crippen LogP contribution in [-0.4, -0.2) is 23.6 Å². The number of hydrogen-bond acceptors (Lipinski definition) is 4. The highest BCUT2D eigenvalue weighted by Crippen LogP contribution is 2.26. The second kappa shape index (κ2) is 6.01. The highest BCUT2D eigenvalue weighted by molar-refractivity contribution is 7.13. The molecule has 0 saturated carbocycles. The van der Waals surface area contributed by atoms with Gasteiger partial charge in [-0.05, 0) is 19.3 Å². The van der Waals surface area contributed by atoms with Gasteiger partial charge >= 0.3 is 0 Å². The van der Waals surface area contributed by atoms with Crippen molar-refractivity contribution in [2.75, 3.05) is 11.9 Å². The van der Waals surface area contributed by atoms with Gasteiger partial charge in [-0.3, -0.25) is 4.79 Å². The fourth-order valence-electron chi connectivity index (χ4n) is 2.02. The topological polar surface area (TPSA) is 51.2 Å². The molecular formula is C14H22N2O2S. The largest absolute Gasteiger partial charge is 0.378 e. The maximum Gasteiger partial charge on any atom is 0.226 e. The molecule has 0 radical (unpaired) electrons. The molecule has 106 valence electrons. The molecule has 1 fully saturated rings. The van der Waals surface area contributed by atoms with Gasteiger partial charge in [0.15, 0.2) is 5.13 Å². The van der Waals surface area contributed by atoms with E-state index in [0.717, 1.165) is 31.6 Å². The van der Waals surface area contributed by atoms with Gasteiger partial charge in [0.2, 0.25) is 5.91 Å². The van der Waals surface area contributed by atoms with E-state index in [1.807, 2.05) is 5.38 Å². The lowest BCUT2D eigenvalue weighted by Crippen LogP contribution is -2.16. The summed E-state index contributed by atoms with van der Waals surface area (Å²) >= 11 is 1.49. The van der Waals surface area contributed by atoms with Crippen LogP contribution in [0, 0.1) is 0 Å². The number of nitrogens with one attached hydrogen (secondary N) is 1. The molecule has 0 bridgehead atoms. The van der Waals surface area contributed by atoms with Crippen molar-refractivity contribution in [3.05, 3.63) is 11.1 Å². The Labute approximate surface area is 118 Å². The van der Waals surface area contributed by atoms with Crippen molar-refractivity contribution in [3.63, 3.8) is 0 Å². The van der Waals surface area contributed by atoms with Crippen molar-refractivity contribution < 1.29 is 9.53 Å². The summed E-state index contributed by atoms with van der Waals surface area (Å²) in [4.78, 5) is 16.3. The quantitative estimate of drug-likeness (QED) is 0.921. The summed E-state index contributed by atoms with van der Waals surface area (Å²) in [5.41, 5.74) is 1.05. The van der Waals surface area contributed by atoms with E-state index in [4.69, 9.17) is 4.74 Å². The number of rotatable bonds is 4. The van der Waals surface area contributed by atoms with E-state index in [0.29, 0.717) is 11.6 Å². The summed E-state index contributed by atoms with van der Waals surface area (Å²) in [6.45, 7) is 7.19. The molecule has 1 aliphatic heterocycles. The number of carbonyl (C=O) groups excluding carboxylic acids is 1. The maximum absolute atomic E-state index is 11.8. The second-order valence-electron chi connectivity index (χ2n) is 6.01. The van der Waals surface area contributed by atoms with E-state index in [-0.39, 0.29) is 17.4 Å². The third-order valence-corrected chi connectivity index (χ3v) is 3.99. The van der Waals surface area contributed by atoms with Crippen LogP contribution in [0.15, 0.2) is 5.38 Å². The first-order valence-electron chi connectivity index (χ1n) is 6.82. The first kappa shape index (κ1) is 14.5. The number of aromatic nitrogens is 1. The molecule has 0 aliphatic carbocycles. The van der Waals surface area contributed by atoms with Gasteiger partial charge in [-0.1, -0.05) is 20.8 Å². The van der Waals surface area contributed by atoms with Crippen LogP contribution >= 0.6 is 11.3 Å². The molecule has 1 aromatic rings. The molecule has 1 saturated heterocycles. The highest BCUT2D eigenvalue weighted by Gasteiger charge is 2.19. The molecule has 4 nitrogen and oxygen atoms in total. The van der Waals surface area contributed by atoms with Gasteiger partial charge in [-0.25, -0.2) is 4.98 Å². The SMILES string of the molecule is CC(C)(C)c1csc(NC(=O)CCC2CCCO2)n1. The van der Waals surface area contributed by atoms with Crippen LogP contribution in [0.4, 0.5) is 5.13 Å². The van der Waals surface area contributed by atoms with Crippen LogP contribution in [0.25, 0.3) is 0 Å². The van der Waals surface area contributed by atoms with Gasteiger partial charge < -0.3 is 10.1 Å². The van der Waals surface area contributed by atoms with Crippen LogP contribution in [0.3, 0.4) is 0 Å². The number of ether oxygens (including phenoxy) is 1. The van der Waals surface area contributed by atoms with Crippen LogP contribution in [-0.2, 0) is 14.9 Å². The average molecular weight is 282 g/mol. The molecule has 5 heteroatoms. The third-order valence-electron chi connectivity index (χ3n) is 3.24. The van der Waals surface area contributed by atoms with Crippen molar-refractivity contribution in [1.82, 2.24) is 4.98 Å². The fourth-order valence-corrected chi connectivity index (χ4v) is 2.97. The first-order valence-corrected chi connectivity index (χ1v) is 7.70. The Balaban J connectivity index is 1.80.